The summed E-state index contributed by atoms with van der Waals surface area (Å²) in [6, 6.07) is 11.6. The molecule has 0 atom stereocenters. The molecule has 1 fully saturated rings. The highest BCUT2D eigenvalue weighted by Gasteiger charge is 2.31. The highest BCUT2D eigenvalue weighted by atomic mass is 19.4. The first-order valence-electron chi connectivity index (χ1n) is 8.78. The van der Waals surface area contributed by atoms with Crippen LogP contribution < -0.4 is 4.90 Å². The fraction of sp³-hybridized carbons (Fsp3) is 0.350. The Hall–Kier alpha value is -2.57. The predicted octanol–water partition coefficient (Wildman–Crippen LogP) is 4.13. The quantitative estimate of drug-likeness (QED) is 0.745. The zero-order chi connectivity index (χ0) is 19.4. The van der Waals surface area contributed by atoms with Crippen molar-refractivity contribution in [2.75, 3.05) is 31.1 Å². The van der Waals surface area contributed by atoms with Gasteiger partial charge < -0.3 is 9.80 Å². The Balaban J connectivity index is 1.54. The van der Waals surface area contributed by atoms with Gasteiger partial charge in [0.15, 0.2) is 0 Å². The number of benzene rings is 2. The predicted molar refractivity (Wildman–Crippen MR) is 95.0 cm³/mol. The molecule has 0 saturated carbocycles. The number of hydrogen-bond donors (Lipinski definition) is 0. The molecule has 1 amide bonds. The van der Waals surface area contributed by atoms with E-state index >= 15 is 0 Å². The lowest BCUT2D eigenvalue weighted by Gasteiger charge is -2.36. The standard InChI is InChI=1S/C20H20F4N2O/c21-18-7-2-1-4-15(18)8-9-19(27)26-12-10-25(11-13-26)17-6-3-5-16(14-17)20(22,23)24/h1-7,14H,8-13H2. The number of amides is 1. The SMILES string of the molecule is O=C(CCc1ccccc1F)N1CCN(c2cccc(C(F)(F)F)c2)CC1. The molecule has 0 N–H and O–H groups in total. The van der Waals surface area contributed by atoms with Gasteiger partial charge in [-0.2, -0.15) is 13.2 Å². The van der Waals surface area contributed by atoms with E-state index in [9.17, 15) is 22.4 Å². The fourth-order valence-electron chi connectivity index (χ4n) is 3.19. The molecule has 144 valence electrons. The van der Waals surface area contributed by atoms with Crippen molar-refractivity contribution in [2.24, 2.45) is 0 Å². The van der Waals surface area contributed by atoms with Gasteiger partial charge in [0.1, 0.15) is 5.82 Å². The van der Waals surface area contributed by atoms with Gasteiger partial charge in [0.2, 0.25) is 5.91 Å². The van der Waals surface area contributed by atoms with E-state index in [1.807, 2.05) is 4.90 Å². The monoisotopic (exact) mass is 380 g/mol. The van der Waals surface area contributed by atoms with Crippen molar-refractivity contribution in [3.05, 3.63) is 65.5 Å². The lowest BCUT2D eigenvalue weighted by atomic mass is 10.1. The molecule has 1 saturated heterocycles. The summed E-state index contributed by atoms with van der Waals surface area (Å²) >= 11 is 0. The third kappa shape index (κ3) is 4.78. The molecule has 2 aromatic carbocycles. The first kappa shape index (κ1) is 19.2. The van der Waals surface area contributed by atoms with E-state index in [1.165, 1.54) is 12.1 Å². The lowest BCUT2D eigenvalue weighted by molar-refractivity contribution is -0.137. The Morgan fingerprint density at radius 1 is 0.963 bits per heavy atom. The minimum Gasteiger partial charge on any atom is -0.368 e. The summed E-state index contributed by atoms with van der Waals surface area (Å²) in [6.45, 7) is 1.80. The zero-order valence-corrected chi connectivity index (χ0v) is 14.7. The second kappa shape index (κ2) is 7.98. The van der Waals surface area contributed by atoms with Crippen LogP contribution in [0.5, 0.6) is 0 Å². The molecule has 2 aromatic rings. The van der Waals surface area contributed by atoms with Crippen LogP contribution in [0, 0.1) is 5.82 Å². The van der Waals surface area contributed by atoms with Gasteiger partial charge in [-0.05, 0) is 36.2 Å². The Kier molecular flexibility index (Phi) is 5.68. The van der Waals surface area contributed by atoms with Crippen LogP contribution in [0.3, 0.4) is 0 Å². The number of carbonyl (C=O) groups excluding carboxylic acids is 1. The number of halogens is 4. The highest BCUT2D eigenvalue weighted by Crippen LogP contribution is 2.31. The third-order valence-corrected chi connectivity index (χ3v) is 4.74. The van der Waals surface area contributed by atoms with E-state index in [0.717, 1.165) is 12.1 Å². The van der Waals surface area contributed by atoms with Gasteiger partial charge in [-0.25, -0.2) is 4.39 Å². The molecule has 1 aliphatic heterocycles. The van der Waals surface area contributed by atoms with E-state index < -0.39 is 11.7 Å². The molecule has 0 radical (unpaired) electrons. The topological polar surface area (TPSA) is 23.6 Å². The van der Waals surface area contributed by atoms with Gasteiger partial charge >= 0.3 is 6.18 Å². The summed E-state index contributed by atoms with van der Waals surface area (Å²) in [7, 11) is 0. The average Bonchev–Trinajstić information content (AvgIpc) is 2.67. The molecular weight excluding hydrogens is 360 g/mol. The molecule has 1 aliphatic rings. The number of hydrogen-bond acceptors (Lipinski definition) is 2. The maximum absolute atomic E-state index is 13.6. The summed E-state index contributed by atoms with van der Waals surface area (Å²) in [5, 5.41) is 0. The van der Waals surface area contributed by atoms with Crippen molar-refractivity contribution in [1.82, 2.24) is 4.90 Å². The first-order valence-corrected chi connectivity index (χ1v) is 8.78. The lowest BCUT2D eigenvalue weighted by Crippen LogP contribution is -2.48. The van der Waals surface area contributed by atoms with Crippen LogP contribution in [-0.2, 0) is 17.4 Å². The van der Waals surface area contributed by atoms with Gasteiger partial charge in [-0.15, -0.1) is 0 Å². The molecule has 3 nitrogen and oxygen atoms in total. The summed E-state index contributed by atoms with van der Waals surface area (Å²) < 4.78 is 52.2. The van der Waals surface area contributed by atoms with Crippen LogP contribution in [0.25, 0.3) is 0 Å². The van der Waals surface area contributed by atoms with E-state index in [2.05, 4.69) is 0 Å². The van der Waals surface area contributed by atoms with Gasteiger partial charge in [0.25, 0.3) is 0 Å². The number of nitrogens with zero attached hydrogens (tertiary/aromatic N) is 2. The maximum Gasteiger partial charge on any atom is 0.416 e. The summed E-state index contributed by atoms with van der Waals surface area (Å²) in [6.07, 6.45) is -3.83. The second-order valence-electron chi connectivity index (χ2n) is 6.51. The van der Waals surface area contributed by atoms with E-state index in [-0.39, 0.29) is 18.1 Å². The molecule has 27 heavy (non-hydrogen) atoms. The van der Waals surface area contributed by atoms with Crippen LogP contribution >= 0.6 is 0 Å². The molecule has 1 heterocycles. The molecule has 0 spiro atoms. The Morgan fingerprint density at radius 3 is 2.33 bits per heavy atom. The van der Waals surface area contributed by atoms with Crippen LogP contribution in [0.15, 0.2) is 48.5 Å². The summed E-state index contributed by atoms with van der Waals surface area (Å²) in [4.78, 5) is 15.9. The largest absolute Gasteiger partial charge is 0.416 e. The number of carbonyl (C=O) groups is 1. The normalized spacial score (nSPS) is 15.1. The maximum atomic E-state index is 13.6. The van der Waals surface area contributed by atoms with Gasteiger partial charge in [0.05, 0.1) is 5.56 Å². The van der Waals surface area contributed by atoms with Crippen molar-refractivity contribution in [3.8, 4) is 0 Å². The van der Waals surface area contributed by atoms with Gasteiger partial charge in [-0.1, -0.05) is 24.3 Å². The highest BCUT2D eigenvalue weighted by molar-refractivity contribution is 5.76. The van der Waals surface area contributed by atoms with Crippen LogP contribution in [0.1, 0.15) is 17.5 Å². The number of piperazine rings is 1. The van der Waals surface area contributed by atoms with Gasteiger partial charge in [-0.3, -0.25) is 4.79 Å². The van der Waals surface area contributed by atoms with E-state index in [1.54, 1.807) is 29.2 Å². The second-order valence-corrected chi connectivity index (χ2v) is 6.51. The number of alkyl halides is 3. The van der Waals surface area contributed by atoms with Crippen LogP contribution in [0.4, 0.5) is 23.2 Å². The Morgan fingerprint density at radius 2 is 1.67 bits per heavy atom. The fourth-order valence-corrected chi connectivity index (χ4v) is 3.19. The van der Waals surface area contributed by atoms with Crippen molar-refractivity contribution >= 4 is 11.6 Å². The molecular formula is C20H20F4N2O. The summed E-state index contributed by atoms with van der Waals surface area (Å²) in [5.74, 6) is -0.387. The molecule has 0 bridgehead atoms. The average molecular weight is 380 g/mol. The van der Waals surface area contributed by atoms with Crippen LogP contribution in [0.2, 0.25) is 0 Å². The molecule has 0 unspecified atom stereocenters. The van der Waals surface area contributed by atoms with Crippen molar-refractivity contribution < 1.29 is 22.4 Å². The number of aryl methyl sites for hydroxylation is 1. The molecule has 7 heteroatoms. The third-order valence-electron chi connectivity index (χ3n) is 4.74. The minimum atomic E-state index is -4.37. The number of anilines is 1. The molecule has 0 aromatic heterocycles. The number of rotatable bonds is 4. The zero-order valence-electron chi connectivity index (χ0n) is 14.7. The Labute approximate surface area is 155 Å². The van der Waals surface area contributed by atoms with Crippen molar-refractivity contribution in [2.45, 2.75) is 19.0 Å². The van der Waals surface area contributed by atoms with E-state index in [4.69, 9.17) is 0 Å². The summed E-state index contributed by atoms with van der Waals surface area (Å²) in [5.41, 5.74) is 0.333. The van der Waals surface area contributed by atoms with Gasteiger partial charge in [0, 0.05) is 38.3 Å². The van der Waals surface area contributed by atoms with Crippen LogP contribution in [-0.4, -0.2) is 37.0 Å². The van der Waals surface area contributed by atoms with Crippen molar-refractivity contribution in [3.63, 3.8) is 0 Å². The molecule has 0 aliphatic carbocycles. The smallest absolute Gasteiger partial charge is 0.368 e. The van der Waals surface area contributed by atoms with Crippen molar-refractivity contribution in [1.29, 1.82) is 0 Å². The van der Waals surface area contributed by atoms with E-state index in [0.29, 0.717) is 43.9 Å². The first-order chi connectivity index (χ1) is 12.8. The Bertz CT molecular complexity index is 799. The molecule has 3 rings (SSSR count). The minimum absolute atomic E-state index is 0.0676.